The summed E-state index contributed by atoms with van der Waals surface area (Å²) in [5.74, 6) is -0.639. The van der Waals surface area contributed by atoms with Crippen LogP contribution in [0, 0.1) is 0 Å². The summed E-state index contributed by atoms with van der Waals surface area (Å²) in [6.07, 6.45) is 1.02. The summed E-state index contributed by atoms with van der Waals surface area (Å²) < 4.78 is 0. The fourth-order valence-electron chi connectivity index (χ4n) is 3.55. The second-order valence-electron chi connectivity index (χ2n) is 6.71. The molecule has 1 unspecified atom stereocenters. The molecule has 1 atom stereocenters. The van der Waals surface area contributed by atoms with Gasteiger partial charge in [0.25, 0.3) is 5.91 Å². The highest BCUT2D eigenvalue weighted by Gasteiger charge is 2.49. The third-order valence-electron chi connectivity index (χ3n) is 5.43. The van der Waals surface area contributed by atoms with Gasteiger partial charge in [0.15, 0.2) is 0 Å². The SMILES string of the molecule is CCN(CC)C(CNC(=O)CN1C(=O)NC(CC)(CC)C1=O)c1ccsc1. The number of carbonyl (C=O) groups is 3. The number of imide groups is 1. The lowest BCUT2D eigenvalue weighted by molar-refractivity contribution is -0.135. The van der Waals surface area contributed by atoms with Crippen molar-refractivity contribution in [3.63, 3.8) is 0 Å². The third kappa shape index (κ3) is 4.50. The zero-order chi connectivity index (χ0) is 20.0. The second kappa shape index (κ2) is 9.32. The van der Waals surface area contributed by atoms with Crippen LogP contribution in [0.4, 0.5) is 4.79 Å². The van der Waals surface area contributed by atoms with Gasteiger partial charge in [0.05, 0.1) is 6.04 Å². The minimum absolute atomic E-state index is 0.0729. The predicted octanol–water partition coefficient (Wildman–Crippen LogP) is 2.36. The summed E-state index contributed by atoms with van der Waals surface area (Å²) in [7, 11) is 0. The lowest BCUT2D eigenvalue weighted by atomic mass is 9.93. The van der Waals surface area contributed by atoms with Crippen molar-refractivity contribution < 1.29 is 14.4 Å². The van der Waals surface area contributed by atoms with Gasteiger partial charge in [-0.3, -0.25) is 19.4 Å². The molecule has 2 N–H and O–H groups in total. The summed E-state index contributed by atoms with van der Waals surface area (Å²) in [5.41, 5.74) is 0.285. The Hall–Kier alpha value is -1.93. The standard InChI is InChI=1S/C19H30N4O3S/c1-5-19(6-2)17(25)23(18(26)21-19)12-16(24)20-11-15(22(7-3)8-4)14-9-10-27-13-14/h9-10,13,15H,5-8,11-12H2,1-4H3,(H,20,24)(H,21,26). The van der Waals surface area contributed by atoms with Crippen LogP contribution in [0.3, 0.4) is 0 Å². The van der Waals surface area contributed by atoms with Crippen molar-refractivity contribution in [2.45, 2.75) is 52.1 Å². The number of amides is 4. The molecule has 0 aliphatic carbocycles. The maximum atomic E-state index is 12.6. The lowest BCUT2D eigenvalue weighted by Crippen LogP contribution is -2.47. The van der Waals surface area contributed by atoms with Crippen molar-refractivity contribution in [1.29, 1.82) is 0 Å². The molecule has 1 fully saturated rings. The monoisotopic (exact) mass is 394 g/mol. The molecule has 1 aliphatic rings. The van der Waals surface area contributed by atoms with Gasteiger partial charge in [-0.1, -0.05) is 27.7 Å². The van der Waals surface area contributed by atoms with Crippen LogP contribution in [-0.2, 0) is 9.59 Å². The van der Waals surface area contributed by atoms with Crippen LogP contribution in [-0.4, -0.2) is 59.4 Å². The van der Waals surface area contributed by atoms with Gasteiger partial charge >= 0.3 is 6.03 Å². The van der Waals surface area contributed by atoms with Gasteiger partial charge in [0.2, 0.25) is 5.91 Å². The number of hydrogen-bond donors (Lipinski definition) is 2. The Morgan fingerprint density at radius 2 is 1.93 bits per heavy atom. The van der Waals surface area contributed by atoms with E-state index in [9.17, 15) is 14.4 Å². The summed E-state index contributed by atoms with van der Waals surface area (Å²) >= 11 is 1.63. The van der Waals surface area contributed by atoms with E-state index in [4.69, 9.17) is 0 Å². The fraction of sp³-hybridized carbons (Fsp3) is 0.632. The predicted molar refractivity (Wildman–Crippen MR) is 107 cm³/mol. The average molecular weight is 395 g/mol. The molecule has 27 heavy (non-hydrogen) atoms. The molecule has 0 aromatic carbocycles. The van der Waals surface area contributed by atoms with Crippen LogP contribution in [0.25, 0.3) is 0 Å². The quantitative estimate of drug-likeness (QED) is 0.597. The van der Waals surface area contributed by atoms with Crippen LogP contribution in [0.5, 0.6) is 0 Å². The minimum atomic E-state index is -0.877. The van der Waals surface area contributed by atoms with E-state index in [1.165, 1.54) is 0 Å². The molecule has 2 rings (SSSR count). The Balaban J connectivity index is 2.00. The summed E-state index contributed by atoms with van der Waals surface area (Å²) in [4.78, 5) is 40.6. The molecule has 0 saturated carbocycles. The van der Waals surface area contributed by atoms with E-state index in [2.05, 4.69) is 40.8 Å². The summed E-state index contributed by atoms with van der Waals surface area (Å²) in [6.45, 7) is 9.83. The minimum Gasteiger partial charge on any atom is -0.353 e. The number of hydrogen-bond acceptors (Lipinski definition) is 5. The van der Waals surface area contributed by atoms with E-state index in [1.54, 1.807) is 11.3 Å². The molecular weight excluding hydrogens is 364 g/mol. The van der Waals surface area contributed by atoms with Crippen molar-refractivity contribution in [1.82, 2.24) is 20.4 Å². The zero-order valence-corrected chi connectivity index (χ0v) is 17.4. The molecule has 150 valence electrons. The molecule has 7 nitrogen and oxygen atoms in total. The normalized spacial score (nSPS) is 17.3. The molecule has 0 radical (unpaired) electrons. The summed E-state index contributed by atoms with van der Waals surface area (Å²) in [5, 5.41) is 9.76. The first-order chi connectivity index (χ1) is 12.9. The lowest BCUT2D eigenvalue weighted by Gasteiger charge is -2.29. The molecule has 2 heterocycles. The van der Waals surface area contributed by atoms with E-state index in [-0.39, 0.29) is 24.4 Å². The highest BCUT2D eigenvalue weighted by atomic mass is 32.1. The first-order valence-corrected chi connectivity index (χ1v) is 10.5. The van der Waals surface area contributed by atoms with Crippen molar-refractivity contribution in [3.05, 3.63) is 22.4 Å². The van der Waals surface area contributed by atoms with Crippen molar-refractivity contribution in [3.8, 4) is 0 Å². The number of carbonyl (C=O) groups excluding carboxylic acids is 3. The average Bonchev–Trinajstić information content (AvgIpc) is 3.28. The molecular formula is C19H30N4O3S. The number of urea groups is 1. The smallest absolute Gasteiger partial charge is 0.325 e. The Morgan fingerprint density at radius 1 is 1.26 bits per heavy atom. The van der Waals surface area contributed by atoms with Gasteiger partial charge in [0, 0.05) is 6.54 Å². The number of likely N-dealkylation sites (N-methyl/N-ethyl adjacent to an activating group) is 1. The first-order valence-electron chi connectivity index (χ1n) is 9.59. The van der Waals surface area contributed by atoms with Gasteiger partial charge in [-0.2, -0.15) is 11.3 Å². The number of rotatable bonds is 10. The molecule has 1 saturated heterocycles. The first kappa shape index (κ1) is 21.4. The molecule has 1 aromatic rings. The van der Waals surface area contributed by atoms with Crippen molar-refractivity contribution in [2.75, 3.05) is 26.2 Å². The Morgan fingerprint density at radius 3 is 2.41 bits per heavy atom. The van der Waals surface area contributed by atoms with Crippen LogP contribution < -0.4 is 10.6 Å². The van der Waals surface area contributed by atoms with E-state index in [1.807, 2.05) is 19.2 Å². The molecule has 8 heteroatoms. The van der Waals surface area contributed by atoms with E-state index in [0.29, 0.717) is 19.4 Å². The van der Waals surface area contributed by atoms with Crippen LogP contribution >= 0.6 is 11.3 Å². The topological polar surface area (TPSA) is 81.8 Å². The molecule has 1 aliphatic heterocycles. The van der Waals surface area contributed by atoms with Crippen molar-refractivity contribution in [2.24, 2.45) is 0 Å². The van der Waals surface area contributed by atoms with Crippen LogP contribution in [0.15, 0.2) is 16.8 Å². The number of nitrogens with one attached hydrogen (secondary N) is 2. The second-order valence-corrected chi connectivity index (χ2v) is 7.49. The number of nitrogens with zero attached hydrogens (tertiary/aromatic N) is 2. The van der Waals surface area contributed by atoms with Gasteiger partial charge in [-0.15, -0.1) is 0 Å². The van der Waals surface area contributed by atoms with Crippen molar-refractivity contribution >= 4 is 29.2 Å². The van der Waals surface area contributed by atoms with E-state index < -0.39 is 11.6 Å². The Bertz CT molecular complexity index is 654. The summed E-state index contributed by atoms with van der Waals surface area (Å²) in [6, 6.07) is 1.65. The Labute approximate surface area is 165 Å². The van der Waals surface area contributed by atoms with Gasteiger partial charge in [0.1, 0.15) is 12.1 Å². The Kier molecular flexibility index (Phi) is 7.38. The fourth-order valence-corrected chi connectivity index (χ4v) is 4.25. The van der Waals surface area contributed by atoms with Crippen LogP contribution in [0.1, 0.15) is 52.1 Å². The van der Waals surface area contributed by atoms with E-state index in [0.717, 1.165) is 23.6 Å². The zero-order valence-electron chi connectivity index (χ0n) is 16.6. The highest BCUT2D eigenvalue weighted by molar-refractivity contribution is 7.07. The van der Waals surface area contributed by atoms with E-state index >= 15 is 0 Å². The van der Waals surface area contributed by atoms with Crippen LogP contribution in [0.2, 0.25) is 0 Å². The van der Waals surface area contributed by atoms with Gasteiger partial charge in [-0.25, -0.2) is 4.79 Å². The molecule has 0 bridgehead atoms. The molecule has 0 spiro atoms. The maximum Gasteiger partial charge on any atom is 0.325 e. The van der Waals surface area contributed by atoms with Gasteiger partial charge < -0.3 is 10.6 Å². The molecule has 4 amide bonds. The maximum absolute atomic E-state index is 12.6. The third-order valence-corrected chi connectivity index (χ3v) is 6.13. The molecule has 1 aromatic heterocycles. The highest BCUT2D eigenvalue weighted by Crippen LogP contribution is 2.25. The number of thiophene rings is 1. The van der Waals surface area contributed by atoms with Gasteiger partial charge in [-0.05, 0) is 48.3 Å². The largest absolute Gasteiger partial charge is 0.353 e.